The van der Waals surface area contributed by atoms with Crippen LogP contribution in [-0.4, -0.2) is 17.9 Å². The Balaban J connectivity index is 1.64. The van der Waals surface area contributed by atoms with Gasteiger partial charge in [-0.05, 0) is 61.4 Å². The lowest BCUT2D eigenvalue weighted by Crippen LogP contribution is -2.32. The van der Waals surface area contributed by atoms with Gasteiger partial charge in [0.1, 0.15) is 5.75 Å². The van der Waals surface area contributed by atoms with Gasteiger partial charge in [-0.25, -0.2) is 0 Å². The predicted molar refractivity (Wildman–Crippen MR) is 130 cm³/mol. The second-order valence-electron chi connectivity index (χ2n) is 8.76. The van der Waals surface area contributed by atoms with Gasteiger partial charge >= 0.3 is 0 Å². The lowest BCUT2D eigenvalue weighted by atomic mass is 9.88. The molecule has 0 aliphatic heterocycles. The summed E-state index contributed by atoms with van der Waals surface area (Å²) in [4.78, 5) is 25.5. The average Bonchev–Trinajstić information content (AvgIpc) is 2.83. The molecule has 1 aliphatic carbocycles. The lowest BCUT2D eigenvalue weighted by molar-refractivity contribution is -0.123. The Kier molecular flexibility index (Phi) is 8.72. The summed E-state index contributed by atoms with van der Waals surface area (Å²) in [5, 5.41) is 5.97. The second kappa shape index (κ2) is 11.7. The third-order valence-corrected chi connectivity index (χ3v) is 6.37. The number of rotatable bonds is 9. The van der Waals surface area contributed by atoms with Gasteiger partial charge in [0, 0.05) is 17.3 Å². The van der Waals surface area contributed by atoms with Crippen LogP contribution in [0.2, 0.25) is 0 Å². The van der Waals surface area contributed by atoms with Crippen molar-refractivity contribution < 1.29 is 14.3 Å². The molecule has 1 saturated carbocycles. The van der Waals surface area contributed by atoms with Crippen LogP contribution in [-0.2, 0) is 9.59 Å². The van der Waals surface area contributed by atoms with Crippen LogP contribution in [0.3, 0.4) is 0 Å². The minimum atomic E-state index is -0.597. The molecule has 5 nitrogen and oxygen atoms in total. The standard InChI is InChI=1S/C27H36N2O3/c1-4-19(3)23-16-9-10-17-25(23)32-24(5-2)27(31)29-22-15-11-14-21(18-22)28-26(30)20-12-7-6-8-13-20/h9-11,14-20,24H,4-8,12-13H2,1-3H3,(H,28,30)(H,29,31). The normalized spacial score (nSPS) is 16.1. The summed E-state index contributed by atoms with van der Waals surface area (Å²) in [7, 11) is 0. The number of hydrogen-bond donors (Lipinski definition) is 2. The molecule has 0 aromatic heterocycles. The number of carbonyl (C=O) groups excluding carboxylic acids is 2. The Morgan fingerprint density at radius 3 is 2.31 bits per heavy atom. The van der Waals surface area contributed by atoms with Crippen molar-refractivity contribution in [2.75, 3.05) is 10.6 Å². The van der Waals surface area contributed by atoms with E-state index in [2.05, 4.69) is 30.5 Å². The van der Waals surface area contributed by atoms with Crippen molar-refractivity contribution in [3.63, 3.8) is 0 Å². The van der Waals surface area contributed by atoms with Crippen LogP contribution in [0.5, 0.6) is 5.75 Å². The molecule has 1 aliphatic rings. The minimum Gasteiger partial charge on any atom is -0.480 e. The zero-order valence-electron chi connectivity index (χ0n) is 19.5. The van der Waals surface area contributed by atoms with Gasteiger partial charge in [-0.1, -0.05) is 64.3 Å². The molecule has 172 valence electrons. The third kappa shape index (κ3) is 6.35. The van der Waals surface area contributed by atoms with E-state index >= 15 is 0 Å². The van der Waals surface area contributed by atoms with E-state index in [4.69, 9.17) is 4.74 Å². The first-order valence-electron chi connectivity index (χ1n) is 12.0. The minimum absolute atomic E-state index is 0.0737. The molecule has 2 amide bonds. The van der Waals surface area contributed by atoms with Gasteiger partial charge in [0.25, 0.3) is 5.91 Å². The van der Waals surface area contributed by atoms with E-state index in [-0.39, 0.29) is 17.7 Å². The van der Waals surface area contributed by atoms with Crippen molar-refractivity contribution in [2.45, 2.75) is 77.7 Å². The fourth-order valence-corrected chi connectivity index (χ4v) is 4.20. The Morgan fingerprint density at radius 1 is 0.938 bits per heavy atom. The molecule has 1 fully saturated rings. The molecule has 3 rings (SSSR count). The van der Waals surface area contributed by atoms with Crippen molar-refractivity contribution in [1.29, 1.82) is 0 Å². The number of ether oxygens (including phenoxy) is 1. The highest BCUT2D eigenvalue weighted by Crippen LogP contribution is 2.30. The number of para-hydroxylation sites is 1. The number of carbonyl (C=O) groups is 2. The summed E-state index contributed by atoms with van der Waals surface area (Å²) in [6.45, 7) is 6.25. The maximum atomic E-state index is 13.0. The molecule has 0 heterocycles. The van der Waals surface area contributed by atoms with E-state index in [0.717, 1.165) is 43.4 Å². The lowest BCUT2D eigenvalue weighted by Gasteiger charge is -2.22. The van der Waals surface area contributed by atoms with E-state index in [1.54, 1.807) is 6.07 Å². The van der Waals surface area contributed by atoms with Crippen molar-refractivity contribution in [2.24, 2.45) is 5.92 Å². The highest BCUT2D eigenvalue weighted by atomic mass is 16.5. The van der Waals surface area contributed by atoms with Crippen LogP contribution in [0.4, 0.5) is 11.4 Å². The SMILES string of the molecule is CCC(Oc1ccccc1C(C)CC)C(=O)Nc1cccc(NC(=O)C2CCCCC2)c1. The Hall–Kier alpha value is -2.82. The van der Waals surface area contributed by atoms with E-state index in [1.807, 2.05) is 43.3 Å². The first-order valence-corrected chi connectivity index (χ1v) is 12.0. The Bertz CT molecular complexity index is 905. The maximum Gasteiger partial charge on any atom is 0.265 e. The van der Waals surface area contributed by atoms with Gasteiger partial charge < -0.3 is 15.4 Å². The molecule has 2 atom stereocenters. The summed E-state index contributed by atoms with van der Waals surface area (Å²) in [6, 6.07) is 15.3. The van der Waals surface area contributed by atoms with E-state index < -0.39 is 6.10 Å². The molecule has 2 N–H and O–H groups in total. The molecule has 0 radical (unpaired) electrons. The zero-order valence-corrected chi connectivity index (χ0v) is 19.5. The largest absolute Gasteiger partial charge is 0.480 e. The molecular formula is C27H36N2O3. The maximum absolute atomic E-state index is 13.0. The summed E-state index contributed by atoms with van der Waals surface area (Å²) >= 11 is 0. The van der Waals surface area contributed by atoms with Gasteiger partial charge in [0.15, 0.2) is 6.10 Å². The number of amides is 2. The molecule has 5 heteroatoms. The Morgan fingerprint density at radius 2 is 1.62 bits per heavy atom. The van der Waals surface area contributed by atoms with Crippen LogP contribution in [0.25, 0.3) is 0 Å². The third-order valence-electron chi connectivity index (χ3n) is 6.37. The van der Waals surface area contributed by atoms with Crippen molar-refractivity contribution in [1.82, 2.24) is 0 Å². The van der Waals surface area contributed by atoms with Gasteiger partial charge in [-0.3, -0.25) is 9.59 Å². The topological polar surface area (TPSA) is 67.4 Å². The van der Waals surface area contributed by atoms with E-state index in [1.165, 1.54) is 6.42 Å². The van der Waals surface area contributed by atoms with Gasteiger partial charge in [0.2, 0.25) is 5.91 Å². The van der Waals surface area contributed by atoms with Gasteiger partial charge in [-0.15, -0.1) is 0 Å². The molecule has 2 unspecified atom stereocenters. The number of anilines is 2. The second-order valence-corrected chi connectivity index (χ2v) is 8.76. The number of benzene rings is 2. The van der Waals surface area contributed by atoms with Crippen molar-refractivity contribution in [3.8, 4) is 5.75 Å². The van der Waals surface area contributed by atoms with Crippen molar-refractivity contribution in [3.05, 3.63) is 54.1 Å². The highest BCUT2D eigenvalue weighted by molar-refractivity contribution is 5.96. The summed E-state index contributed by atoms with van der Waals surface area (Å²) < 4.78 is 6.14. The molecule has 0 spiro atoms. The van der Waals surface area contributed by atoms with Crippen LogP contribution in [0.1, 0.15) is 77.2 Å². The van der Waals surface area contributed by atoms with Crippen LogP contribution in [0.15, 0.2) is 48.5 Å². The zero-order chi connectivity index (χ0) is 22.9. The fraction of sp³-hybridized carbons (Fsp3) is 0.481. The number of hydrogen-bond acceptors (Lipinski definition) is 3. The molecule has 2 aromatic rings. The van der Waals surface area contributed by atoms with Crippen molar-refractivity contribution >= 4 is 23.2 Å². The molecule has 0 bridgehead atoms. The summed E-state index contributed by atoms with van der Waals surface area (Å²) in [5.41, 5.74) is 2.47. The molecule has 32 heavy (non-hydrogen) atoms. The van der Waals surface area contributed by atoms with Gasteiger partial charge in [-0.2, -0.15) is 0 Å². The van der Waals surface area contributed by atoms with Crippen LogP contribution in [0, 0.1) is 5.92 Å². The highest BCUT2D eigenvalue weighted by Gasteiger charge is 2.22. The first-order chi connectivity index (χ1) is 15.5. The van der Waals surface area contributed by atoms with E-state index in [9.17, 15) is 9.59 Å². The quantitative estimate of drug-likeness (QED) is 0.470. The summed E-state index contributed by atoms with van der Waals surface area (Å²) in [5.74, 6) is 1.09. The molecular weight excluding hydrogens is 400 g/mol. The first kappa shape index (κ1) is 23.8. The van der Waals surface area contributed by atoms with Crippen LogP contribution >= 0.6 is 0 Å². The summed E-state index contributed by atoms with van der Waals surface area (Å²) in [6.07, 6.45) is 6.32. The van der Waals surface area contributed by atoms with Crippen LogP contribution < -0.4 is 15.4 Å². The van der Waals surface area contributed by atoms with Gasteiger partial charge in [0.05, 0.1) is 0 Å². The molecule has 2 aromatic carbocycles. The fourth-order valence-electron chi connectivity index (χ4n) is 4.20. The average molecular weight is 437 g/mol. The Labute approximate surface area is 191 Å². The van der Waals surface area contributed by atoms with E-state index in [0.29, 0.717) is 23.7 Å². The smallest absolute Gasteiger partial charge is 0.265 e. The predicted octanol–water partition coefficient (Wildman–Crippen LogP) is 6.52. The molecule has 0 saturated heterocycles. The monoisotopic (exact) mass is 436 g/mol. The number of nitrogens with one attached hydrogen (secondary N) is 2.